The highest BCUT2D eigenvalue weighted by atomic mass is 19.1. The summed E-state index contributed by atoms with van der Waals surface area (Å²) in [7, 11) is 0. The molecule has 5 nitrogen and oxygen atoms in total. The molecule has 0 spiro atoms. The summed E-state index contributed by atoms with van der Waals surface area (Å²) in [5, 5.41) is 8.46. The van der Waals surface area contributed by atoms with Gasteiger partial charge in [0.1, 0.15) is 11.3 Å². The lowest BCUT2D eigenvalue weighted by molar-refractivity contribution is 0.104. The maximum Gasteiger partial charge on any atom is 0.196 e. The number of benzene rings is 3. The van der Waals surface area contributed by atoms with Crippen LogP contribution in [0.1, 0.15) is 35.7 Å². The predicted molar refractivity (Wildman–Crippen MR) is 123 cm³/mol. The van der Waals surface area contributed by atoms with Crippen molar-refractivity contribution in [2.75, 3.05) is 23.3 Å². The third-order valence-corrected chi connectivity index (χ3v) is 6.48. The molecule has 0 saturated carbocycles. The van der Waals surface area contributed by atoms with Crippen molar-refractivity contribution in [1.82, 2.24) is 5.16 Å². The highest BCUT2D eigenvalue weighted by Gasteiger charge is 2.34. The molecule has 1 atom stereocenters. The number of hydrogen-bond donors (Lipinski definition) is 1. The number of carbonyl (C=O) groups excluding carboxylic acids is 1. The first-order valence-electron chi connectivity index (χ1n) is 11.0. The molecule has 32 heavy (non-hydrogen) atoms. The van der Waals surface area contributed by atoms with Gasteiger partial charge in [-0.25, -0.2) is 4.39 Å². The van der Waals surface area contributed by atoms with Crippen molar-refractivity contribution in [2.45, 2.75) is 19.8 Å². The van der Waals surface area contributed by atoms with Crippen LogP contribution in [0, 0.1) is 11.7 Å². The van der Waals surface area contributed by atoms with Crippen molar-refractivity contribution >= 4 is 33.7 Å². The van der Waals surface area contributed by atoms with E-state index < -0.39 is 0 Å². The van der Waals surface area contributed by atoms with Crippen LogP contribution in [0.3, 0.4) is 0 Å². The van der Waals surface area contributed by atoms with Crippen LogP contribution in [0.25, 0.3) is 22.2 Å². The van der Waals surface area contributed by atoms with E-state index in [9.17, 15) is 9.18 Å². The zero-order valence-electron chi connectivity index (χ0n) is 17.7. The molecule has 0 bridgehead atoms. The molecule has 0 unspecified atom stereocenters. The van der Waals surface area contributed by atoms with Crippen molar-refractivity contribution in [3.8, 4) is 11.3 Å². The van der Waals surface area contributed by atoms with Crippen LogP contribution < -0.4 is 10.2 Å². The number of piperidine rings is 1. The highest BCUT2D eigenvalue weighted by Crippen LogP contribution is 2.46. The SMILES string of the molecule is C[C@H]1CCCN(c2cc(Nc3cccc(F)c3)c3c4c(onc24)-c2ccccc2C3=O)C1. The smallest absolute Gasteiger partial charge is 0.196 e. The van der Waals surface area contributed by atoms with E-state index in [1.165, 1.54) is 18.6 Å². The van der Waals surface area contributed by atoms with Gasteiger partial charge in [-0.2, -0.15) is 0 Å². The summed E-state index contributed by atoms with van der Waals surface area (Å²) in [5.74, 6) is 0.759. The minimum atomic E-state index is -0.336. The van der Waals surface area contributed by atoms with Gasteiger partial charge in [0.15, 0.2) is 11.5 Å². The van der Waals surface area contributed by atoms with E-state index in [2.05, 4.69) is 22.3 Å². The van der Waals surface area contributed by atoms with Crippen molar-refractivity contribution < 1.29 is 13.7 Å². The number of fused-ring (bicyclic) bond motifs is 2. The number of carbonyl (C=O) groups is 1. The molecule has 1 saturated heterocycles. The van der Waals surface area contributed by atoms with Gasteiger partial charge in [0.25, 0.3) is 0 Å². The van der Waals surface area contributed by atoms with E-state index >= 15 is 0 Å². The Morgan fingerprint density at radius 3 is 2.78 bits per heavy atom. The second-order valence-corrected chi connectivity index (χ2v) is 8.76. The van der Waals surface area contributed by atoms with E-state index in [-0.39, 0.29) is 11.6 Å². The third kappa shape index (κ3) is 2.90. The third-order valence-electron chi connectivity index (χ3n) is 6.48. The van der Waals surface area contributed by atoms with E-state index in [0.29, 0.717) is 39.7 Å². The van der Waals surface area contributed by atoms with Crippen molar-refractivity contribution in [1.29, 1.82) is 0 Å². The van der Waals surface area contributed by atoms with Crippen molar-refractivity contribution in [3.63, 3.8) is 0 Å². The quantitative estimate of drug-likeness (QED) is 0.374. The molecule has 2 aliphatic rings. The molecular weight excluding hydrogens is 405 g/mol. The Morgan fingerprint density at radius 1 is 1.12 bits per heavy atom. The zero-order chi connectivity index (χ0) is 21.8. The van der Waals surface area contributed by atoms with Crippen LogP contribution >= 0.6 is 0 Å². The first-order valence-corrected chi connectivity index (χ1v) is 11.0. The Kier molecular flexibility index (Phi) is 4.28. The molecule has 1 aliphatic heterocycles. The fraction of sp³-hybridized carbons (Fsp3) is 0.231. The maximum atomic E-state index is 13.9. The second kappa shape index (κ2) is 7.19. The van der Waals surface area contributed by atoms with Crippen LogP contribution in [0.2, 0.25) is 0 Å². The van der Waals surface area contributed by atoms with Gasteiger partial charge in [-0.1, -0.05) is 42.4 Å². The molecule has 4 aromatic rings. The molecule has 0 amide bonds. The first kappa shape index (κ1) is 19.0. The average Bonchev–Trinajstić information content (AvgIpc) is 3.23. The second-order valence-electron chi connectivity index (χ2n) is 8.76. The molecule has 2 heterocycles. The summed E-state index contributed by atoms with van der Waals surface area (Å²) in [5.41, 5.74) is 4.73. The molecule has 1 fully saturated rings. The number of halogens is 1. The number of rotatable bonds is 3. The Morgan fingerprint density at radius 2 is 1.97 bits per heavy atom. The van der Waals surface area contributed by atoms with E-state index in [0.717, 1.165) is 36.1 Å². The van der Waals surface area contributed by atoms with Gasteiger partial charge < -0.3 is 14.7 Å². The van der Waals surface area contributed by atoms with E-state index in [1.54, 1.807) is 18.2 Å². The zero-order valence-corrected chi connectivity index (χ0v) is 17.7. The van der Waals surface area contributed by atoms with Gasteiger partial charge >= 0.3 is 0 Å². The fourth-order valence-corrected chi connectivity index (χ4v) is 5.01. The molecule has 1 N–H and O–H groups in total. The van der Waals surface area contributed by atoms with Crippen LogP contribution in [-0.4, -0.2) is 24.0 Å². The average molecular weight is 427 g/mol. The van der Waals surface area contributed by atoms with Gasteiger partial charge in [0, 0.05) is 29.9 Å². The highest BCUT2D eigenvalue weighted by molar-refractivity contribution is 6.28. The standard InChI is InChI=1S/C26H22FN3O2/c1-15-6-5-11-30(14-15)21-13-20(28-17-8-4-7-16(27)12-17)22-23-24(21)29-32-26(23)19-10-3-2-9-18(19)25(22)31/h2-4,7-10,12-13,15,28H,5-6,11,14H2,1H3/t15-/m0/s1. The van der Waals surface area contributed by atoms with Crippen molar-refractivity contribution in [3.05, 3.63) is 71.5 Å². The van der Waals surface area contributed by atoms with Crippen molar-refractivity contribution in [2.24, 2.45) is 5.92 Å². The number of anilines is 3. The van der Waals surface area contributed by atoms with E-state index in [1.807, 2.05) is 24.3 Å². The molecule has 1 aromatic heterocycles. The largest absolute Gasteiger partial charge is 0.369 e. The van der Waals surface area contributed by atoms with E-state index in [4.69, 9.17) is 4.52 Å². The predicted octanol–water partition coefficient (Wildman–Crippen LogP) is 6.16. The number of ketones is 1. The minimum Gasteiger partial charge on any atom is -0.369 e. The molecule has 6 rings (SSSR count). The molecule has 6 heteroatoms. The van der Waals surface area contributed by atoms with Gasteiger partial charge in [-0.15, -0.1) is 0 Å². The molecule has 1 aliphatic carbocycles. The fourth-order valence-electron chi connectivity index (χ4n) is 5.01. The lowest BCUT2D eigenvalue weighted by Crippen LogP contribution is -2.34. The Bertz CT molecular complexity index is 1380. The van der Waals surface area contributed by atoms with Crippen LogP contribution in [0.5, 0.6) is 0 Å². The van der Waals surface area contributed by atoms with Gasteiger partial charge in [-0.3, -0.25) is 4.79 Å². The Hall–Kier alpha value is -3.67. The summed E-state index contributed by atoms with van der Waals surface area (Å²) < 4.78 is 19.7. The lowest BCUT2D eigenvalue weighted by Gasteiger charge is -2.33. The minimum absolute atomic E-state index is 0.0845. The summed E-state index contributed by atoms with van der Waals surface area (Å²) in [6, 6.07) is 15.7. The van der Waals surface area contributed by atoms with Gasteiger partial charge in [0.2, 0.25) is 0 Å². The molecular formula is C26H22FN3O2. The van der Waals surface area contributed by atoms with Gasteiger partial charge in [0.05, 0.1) is 22.3 Å². The molecule has 0 radical (unpaired) electrons. The molecule has 160 valence electrons. The monoisotopic (exact) mass is 427 g/mol. The summed E-state index contributed by atoms with van der Waals surface area (Å²) in [6.07, 6.45) is 2.30. The number of hydrogen-bond acceptors (Lipinski definition) is 5. The maximum absolute atomic E-state index is 13.9. The number of aromatic nitrogens is 1. The van der Waals surface area contributed by atoms with Crippen LogP contribution in [-0.2, 0) is 0 Å². The lowest BCUT2D eigenvalue weighted by atomic mass is 9.86. The number of nitrogens with one attached hydrogen (secondary N) is 1. The van der Waals surface area contributed by atoms with Gasteiger partial charge in [-0.05, 0) is 43.0 Å². The first-order chi connectivity index (χ1) is 15.6. The summed E-state index contributed by atoms with van der Waals surface area (Å²) >= 11 is 0. The topological polar surface area (TPSA) is 58.4 Å². The normalized spacial score (nSPS) is 17.5. The Labute approximate surface area is 184 Å². The van der Waals surface area contributed by atoms with Crippen LogP contribution in [0.15, 0.2) is 59.1 Å². The van der Waals surface area contributed by atoms with Crippen LogP contribution in [0.4, 0.5) is 21.5 Å². The summed E-state index contributed by atoms with van der Waals surface area (Å²) in [6.45, 7) is 4.09. The number of nitrogens with zero attached hydrogens (tertiary/aromatic N) is 2. The summed E-state index contributed by atoms with van der Waals surface area (Å²) in [4.78, 5) is 15.9. The Balaban J connectivity index is 1.61. The molecule has 3 aromatic carbocycles.